The Bertz CT molecular complexity index is 905. The summed E-state index contributed by atoms with van der Waals surface area (Å²) >= 11 is 1.57. The normalized spacial score (nSPS) is 14.7. The maximum Gasteiger partial charge on any atom is 0.227 e. The monoisotopic (exact) mass is 425 g/mol. The van der Waals surface area contributed by atoms with Crippen LogP contribution >= 0.6 is 11.3 Å². The fourth-order valence-electron chi connectivity index (χ4n) is 3.57. The van der Waals surface area contributed by atoms with E-state index in [0.717, 1.165) is 44.0 Å². The number of benzene rings is 1. The smallest absolute Gasteiger partial charge is 0.227 e. The van der Waals surface area contributed by atoms with Gasteiger partial charge in [-0.1, -0.05) is 29.4 Å². The molecule has 1 fully saturated rings. The zero-order valence-corrected chi connectivity index (χ0v) is 17.8. The minimum Gasteiger partial charge on any atom is -0.369 e. The van der Waals surface area contributed by atoms with Gasteiger partial charge in [-0.05, 0) is 36.5 Å². The maximum absolute atomic E-state index is 12.1. The highest BCUT2D eigenvalue weighted by molar-refractivity contribution is 7.13. The first-order valence-corrected chi connectivity index (χ1v) is 11.3. The van der Waals surface area contributed by atoms with Gasteiger partial charge in [0, 0.05) is 51.3 Å². The number of aryl methyl sites for hydroxylation is 1. The van der Waals surface area contributed by atoms with Crippen molar-refractivity contribution in [1.29, 1.82) is 0 Å². The molecule has 1 saturated heterocycles. The third-order valence-electron chi connectivity index (χ3n) is 5.24. The minimum absolute atomic E-state index is 0.0276. The quantitative estimate of drug-likeness (QED) is 0.531. The molecule has 1 N–H and O–H groups in total. The average molecular weight is 426 g/mol. The van der Waals surface area contributed by atoms with Gasteiger partial charge in [-0.25, -0.2) is 0 Å². The number of carbonyl (C=O) groups is 1. The molecule has 0 saturated carbocycles. The van der Waals surface area contributed by atoms with Gasteiger partial charge in [0.25, 0.3) is 0 Å². The summed E-state index contributed by atoms with van der Waals surface area (Å²) in [5, 5.41) is 8.94. The number of nitrogens with one attached hydrogen (secondary N) is 1. The molecule has 8 heteroatoms. The maximum atomic E-state index is 12.1. The second kappa shape index (κ2) is 10.4. The molecule has 3 aromatic rings. The standard InChI is InChI=1S/C22H27N5O2S/c28-20(9-10-21-24-22(25-29-21)19-8-4-17-30-19)23-11-5-12-26-13-15-27(16-14-26)18-6-2-1-3-7-18/h1-4,6-8,17H,5,9-16H2,(H,23,28). The van der Waals surface area contributed by atoms with E-state index in [1.54, 1.807) is 11.3 Å². The van der Waals surface area contributed by atoms with Gasteiger partial charge in [-0.2, -0.15) is 4.98 Å². The number of para-hydroxylation sites is 1. The van der Waals surface area contributed by atoms with Gasteiger partial charge in [0.15, 0.2) is 0 Å². The first-order valence-electron chi connectivity index (χ1n) is 10.4. The number of hydrogen-bond donors (Lipinski definition) is 1. The SMILES string of the molecule is O=C(CCc1nc(-c2cccs2)no1)NCCCN1CCN(c2ccccc2)CC1. The molecule has 158 valence electrons. The molecule has 30 heavy (non-hydrogen) atoms. The summed E-state index contributed by atoms with van der Waals surface area (Å²) in [6, 6.07) is 14.5. The molecule has 0 unspecified atom stereocenters. The summed E-state index contributed by atoms with van der Waals surface area (Å²) in [5.41, 5.74) is 1.30. The summed E-state index contributed by atoms with van der Waals surface area (Å²) in [6.45, 7) is 5.93. The third kappa shape index (κ3) is 5.67. The largest absolute Gasteiger partial charge is 0.369 e. The highest BCUT2D eigenvalue weighted by Crippen LogP contribution is 2.21. The van der Waals surface area contributed by atoms with Crippen molar-refractivity contribution in [2.45, 2.75) is 19.3 Å². The molecule has 4 rings (SSSR count). The van der Waals surface area contributed by atoms with Crippen molar-refractivity contribution < 1.29 is 9.32 Å². The number of rotatable bonds is 9. The summed E-state index contributed by atoms with van der Waals surface area (Å²) < 4.78 is 5.24. The number of piperazine rings is 1. The van der Waals surface area contributed by atoms with Crippen molar-refractivity contribution >= 4 is 22.9 Å². The molecule has 0 spiro atoms. The first-order chi connectivity index (χ1) is 14.8. The molecular formula is C22H27N5O2S. The van der Waals surface area contributed by atoms with E-state index in [1.807, 2.05) is 17.5 Å². The Hall–Kier alpha value is -2.71. The van der Waals surface area contributed by atoms with Crippen LogP contribution in [-0.4, -0.2) is 60.2 Å². The molecule has 2 aromatic heterocycles. The number of thiophene rings is 1. The number of hydrogen-bond acceptors (Lipinski definition) is 7. The Balaban J connectivity index is 1.08. The van der Waals surface area contributed by atoms with Crippen LogP contribution in [-0.2, 0) is 11.2 Å². The zero-order valence-electron chi connectivity index (χ0n) is 17.0. The molecule has 0 bridgehead atoms. The van der Waals surface area contributed by atoms with Gasteiger partial charge in [-0.15, -0.1) is 11.3 Å². The van der Waals surface area contributed by atoms with E-state index < -0.39 is 0 Å². The van der Waals surface area contributed by atoms with Crippen LogP contribution in [0.2, 0.25) is 0 Å². The van der Waals surface area contributed by atoms with Crippen molar-refractivity contribution in [3.05, 3.63) is 53.7 Å². The third-order valence-corrected chi connectivity index (χ3v) is 6.11. The van der Waals surface area contributed by atoms with Crippen LogP contribution in [0.4, 0.5) is 5.69 Å². The van der Waals surface area contributed by atoms with E-state index in [0.29, 0.717) is 31.1 Å². The lowest BCUT2D eigenvalue weighted by Crippen LogP contribution is -2.47. The van der Waals surface area contributed by atoms with E-state index >= 15 is 0 Å². The van der Waals surface area contributed by atoms with E-state index in [9.17, 15) is 4.79 Å². The van der Waals surface area contributed by atoms with Crippen molar-refractivity contribution in [3.8, 4) is 10.7 Å². The fraction of sp³-hybridized carbons (Fsp3) is 0.409. The molecule has 7 nitrogen and oxygen atoms in total. The number of aromatic nitrogens is 2. The second-order valence-corrected chi connectivity index (χ2v) is 8.30. The topological polar surface area (TPSA) is 74.5 Å². The van der Waals surface area contributed by atoms with Crippen LogP contribution in [0, 0.1) is 0 Å². The van der Waals surface area contributed by atoms with Crippen molar-refractivity contribution in [2.75, 3.05) is 44.2 Å². The fourth-order valence-corrected chi connectivity index (χ4v) is 4.22. The number of amides is 1. The highest BCUT2D eigenvalue weighted by Gasteiger charge is 2.16. The summed E-state index contributed by atoms with van der Waals surface area (Å²) in [6.07, 6.45) is 1.79. The molecule has 1 aliphatic heterocycles. The molecule has 3 heterocycles. The van der Waals surface area contributed by atoms with E-state index in [4.69, 9.17) is 4.52 Å². The predicted molar refractivity (Wildman–Crippen MR) is 119 cm³/mol. The molecule has 1 aromatic carbocycles. The first kappa shape index (κ1) is 20.6. The van der Waals surface area contributed by atoms with Crippen LogP contribution in [0.3, 0.4) is 0 Å². The molecule has 0 atom stereocenters. The van der Waals surface area contributed by atoms with Crippen LogP contribution in [0.15, 0.2) is 52.4 Å². The van der Waals surface area contributed by atoms with Crippen LogP contribution < -0.4 is 10.2 Å². The summed E-state index contributed by atoms with van der Waals surface area (Å²) in [5.74, 6) is 1.12. The van der Waals surface area contributed by atoms with Crippen LogP contribution in [0.25, 0.3) is 10.7 Å². The minimum atomic E-state index is 0.0276. The Kier molecular flexibility index (Phi) is 7.10. The van der Waals surface area contributed by atoms with Gasteiger partial charge < -0.3 is 14.7 Å². The van der Waals surface area contributed by atoms with Crippen LogP contribution in [0.1, 0.15) is 18.7 Å². The Morgan fingerprint density at radius 3 is 2.70 bits per heavy atom. The van der Waals surface area contributed by atoms with Gasteiger partial charge in [0.2, 0.25) is 17.6 Å². The van der Waals surface area contributed by atoms with Crippen LogP contribution in [0.5, 0.6) is 0 Å². The molecule has 0 radical (unpaired) electrons. The predicted octanol–water partition coefficient (Wildman–Crippen LogP) is 3.06. The summed E-state index contributed by atoms with van der Waals surface area (Å²) in [7, 11) is 0. The van der Waals surface area contributed by atoms with Gasteiger partial charge in [0.05, 0.1) is 4.88 Å². The van der Waals surface area contributed by atoms with E-state index in [2.05, 4.69) is 55.6 Å². The van der Waals surface area contributed by atoms with E-state index in [1.165, 1.54) is 5.69 Å². The Morgan fingerprint density at radius 2 is 1.93 bits per heavy atom. The zero-order chi connectivity index (χ0) is 20.6. The summed E-state index contributed by atoms with van der Waals surface area (Å²) in [4.78, 5) is 22.3. The van der Waals surface area contributed by atoms with Gasteiger partial charge >= 0.3 is 0 Å². The Morgan fingerprint density at radius 1 is 1.10 bits per heavy atom. The molecule has 1 aliphatic rings. The average Bonchev–Trinajstić information content (AvgIpc) is 3.48. The van der Waals surface area contributed by atoms with Gasteiger partial charge in [-0.3, -0.25) is 9.69 Å². The number of carbonyl (C=O) groups excluding carboxylic acids is 1. The molecule has 0 aliphatic carbocycles. The number of anilines is 1. The van der Waals surface area contributed by atoms with E-state index in [-0.39, 0.29) is 5.91 Å². The number of nitrogens with zero attached hydrogens (tertiary/aromatic N) is 4. The van der Waals surface area contributed by atoms with Crippen molar-refractivity contribution in [1.82, 2.24) is 20.4 Å². The van der Waals surface area contributed by atoms with Crippen molar-refractivity contribution in [2.24, 2.45) is 0 Å². The molecular weight excluding hydrogens is 398 g/mol. The lowest BCUT2D eigenvalue weighted by molar-refractivity contribution is -0.121. The van der Waals surface area contributed by atoms with Gasteiger partial charge in [0.1, 0.15) is 0 Å². The lowest BCUT2D eigenvalue weighted by Gasteiger charge is -2.36. The van der Waals surface area contributed by atoms with Crippen molar-refractivity contribution in [3.63, 3.8) is 0 Å². The molecule has 1 amide bonds. The second-order valence-electron chi connectivity index (χ2n) is 7.36. The highest BCUT2D eigenvalue weighted by atomic mass is 32.1. The Labute approximate surface area is 180 Å². The lowest BCUT2D eigenvalue weighted by atomic mass is 10.2.